The minimum absolute atomic E-state index is 0.252. The monoisotopic (exact) mass is 342 g/mol. The zero-order valence-electron chi connectivity index (χ0n) is 14.6. The lowest BCUT2D eigenvalue weighted by atomic mass is 10.2. The molecule has 0 aliphatic heterocycles. The average Bonchev–Trinajstić information content (AvgIpc) is 2.52. The maximum atomic E-state index is 11.9. The van der Waals surface area contributed by atoms with E-state index in [0.29, 0.717) is 17.9 Å². The normalized spacial score (nSPS) is 10.4. The zero-order valence-corrected chi connectivity index (χ0v) is 14.6. The van der Waals surface area contributed by atoms with Gasteiger partial charge in [0.2, 0.25) is 11.8 Å². The molecule has 0 unspecified atom stereocenters. The summed E-state index contributed by atoms with van der Waals surface area (Å²) >= 11 is 0. The van der Waals surface area contributed by atoms with Crippen molar-refractivity contribution < 1.29 is 9.59 Å². The highest BCUT2D eigenvalue weighted by Gasteiger charge is 2.10. The lowest BCUT2D eigenvalue weighted by molar-refractivity contribution is -0.126. The second-order valence-electron chi connectivity index (χ2n) is 5.86. The van der Waals surface area contributed by atoms with Crippen LogP contribution < -0.4 is 16.3 Å². The van der Waals surface area contributed by atoms with E-state index in [9.17, 15) is 14.4 Å². The van der Waals surface area contributed by atoms with Gasteiger partial charge in [0.05, 0.1) is 0 Å². The van der Waals surface area contributed by atoms with Crippen molar-refractivity contribution in [2.24, 2.45) is 0 Å². The highest BCUT2D eigenvalue weighted by atomic mass is 16.2. The molecule has 0 spiro atoms. The predicted molar refractivity (Wildman–Crippen MR) is 95.4 cm³/mol. The fourth-order valence-electron chi connectivity index (χ4n) is 2.47. The molecule has 0 saturated heterocycles. The summed E-state index contributed by atoms with van der Waals surface area (Å²) in [7, 11) is 0. The van der Waals surface area contributed by atoms with Gasteiger partial charge in [-0.1, -0.05) is 18.2 Å². The van der Waals surface area contributed by atoms with Crippen LogP contribution >= 0.6 is 0 Å². The molecular formula is C18H22N4O3. The minimum atomic E-state index is -0.392. The molecule has 0 aliphatic rings. The topological polar surface area (TPSA) is 93.1 Å². The van der Waals surface area contributed by atoms with Gasteiger partial charge in [-0.25, -0.2) is 4.79 Å². The minimum Gasteiger partial charge on any atom is -0.354 e. The van der Waals surface area contributed by atoms with E-state index in [0.717, 1.165) is 11.3 Å². The van der Waals surface area contributed by atoms with Crippen molar-refractivity contribution in [2.75, 3.05) is 11.9 Å². The Morgan fingerprint density at radius 3 is 2.52 bits per heavy atom. The number of hydrogen-bond donors (Lipinski definition) is 2. The molecule has 2 amide bonds. The lowest BCUT2D eigenvalue weighted by Gasteiger charge is -2.11. The summed E-state index contributed by atoms with van der Waals surface area (Å²) in [5.41, 5.74) is 2.72. The zero-order chi connectivity index (χ0) is 18.4. The molecule has 0 bridgehead atoms. The van der Waals surface area contributed by atoms with Gasteiger partial charge in [-0.2, -0.15) is 4.98 Å². The van der Waals surface area contributed by atoms with E-state index in [-0.39, 0.29) is 24.6 Å². The maximum absolute atomic E-state index is 11.9. The van der Waals surface area contributed by atoms with Gasteiger partial charge < -0.3 is 10.6 Å². The van der Waals surface area contributed by atoms with Crippen LogP contribution in [0.1, 0.15) is 23.4 Å². The predicted octanol–water partition coefficient (Wildman–Crippen LogP) is 1.31. The van der Waals surface area contributed by atoms with Crippen LogP contribution in [0, 0.1) is 20.8 Å². The van der Waals surface area contributed by atoms with Crippen LogP contribution in [-0.2, 0) is 16.1 Å². The standard InChI is InChI=1S/C18H22N4O3/c1-12-6-4-5-7-15(12)21-17(24)11-16(23)19-8-9-22-14(3)10-13(2)20-18(22)25/h4-7,10H,8-9,11H2,1-3H3,(H,19,23)(H,21,24). The molecule has 0 aliphatic carbocycles. The number of hydrogen-bond acceptors (Lipinski definition) is 4. The Hall–Kier alpha value is -2.96. The SMILES string of the molecule is Cc1cc(C)n(CCNC(=O)CC(=O)Nc2ccccc2C)c(=O)n1. The van der Waals surface area contributed by atoms with Crippen molar-refractivity contribution in [1.29, 1.82) is 0 Å². The van der Waals surface area contributed by atoms with Gasteiger partial charge in [0.1, 0.15) is 6.42 Å². The summed E-state index contributed by atoms with van der Waals surface area (Å²) in [6.07, 6.45) is -0.269. The fourth-order valence-corrected chi connectivity index (χ4v) is 2.47. The Labute approximate surface area is 146 Å². The first kappa shape index (κ1) is 18.4. The third-order valence-corrected chi connectivity index (χ3v) is 3.74. The third kappa shape index (κ3) is 5.27. The first-order valence-electron chi connectivity index (χ1n) is 8.04. The fraction of sp³-hybridized carbons (Fsp3) is 0.333. The first-order chi connectivity index (χ1) is 11.9. The second kappa shape index (κ2) is 8.23. The van der Waals surface area contributed by atoms with Gasteiger partial charge in [0.15, 0.2) is 0 Å². The molecule has 7 nitrogen and oxygen atoms in total. The van der Waals surface area contributed by atoms with E-state index in [2.05, 4.69) is 15.6 Å². The van der Waals surface area contributed by atoms with E-state index in [1.165, 1.54) is 4.57 Å². The second-order valence-corrected chi connectivity index (χ2v) is 5.86. The van der Waals surface area contributed by atoms with Crippen LogP contribution in [0.5, 0.6) is 0 Å². The molecule has 0 saturated carbocycles. The van der Waals surface area contributed by atoms with Gasteiger partial charge in [-0.05, 0) is 38.5 Å². The number of rotatable bonds is 6. The number of amides is 2. The molecule has 132 valence electrons. The van der Waals surface area contributed by atoms with Crippen LogP contribution in [0.15, 0.2) is 35.1 Å². The molecule has 0 fully saturated rings. The molecule has 1 aromatic heterocycles. The van der Waals surface area contributed by atoms with E-state index >= 15 is 0 Å². The van der Waals surface area contributed by atoms with Gasteiger partial charge in [0.25, 0.3) is 0 Å². The van der Waals surface area contributed by atoms with E-state index < -0.39 is 5.91 Å². The molecule has 0 atom stereocenters. The molecule has 1 heterocycles. The lowest BCUT2D eigenvalue weighted by Crippen LogP contribution is -2.34. The molecule has 2 N–H and O–H groups in total. The van der Waals surface area contributed by atoms with Crippen molar-refractivity contribution in [3.63, 3.8) is 0 Å². The molecule has 25 heavy (non-hydrogen) atoms. The molecule has 7 heteroatoms. The Morgan fingerprint density at radius 1 is 1.12 bits per heavy atom. The van der Waals surface area contributed by atoms with Crippen LogP contribution in [0.25, 0.3) is 0 Å². The van der Waals surface area contributed by atoms with Gasteiger partial charge in [-0.15, -0.1) is 0 Å². The maximum Gasteiger partial charge on any atom is 0.348 e. The number of carbonyl (C=O) groups is 2. The number of benzene rings is 1. The van der Waals surface area contributed by atoms with Crippen molar-refractivity contribution in [2.45, 2.75) is 33.7 Å². The summed E-state index contributed by atoms with van der Waals surface area (Å²) in [5, 5.41) is 5.35. The van der Waals surface area contributed by atoms with Gasteiger partial charge in [-0.3, -0.25) is 14.2 Å². The third-order valence-electron chi connectivity index (χ3n) is 3.74. The van der Waals surface area contributed by atoms with Crippen molar-refractivity contribution in [1.82, 2.24) is 14.9 Å². The first-order valence-corrected chi connectivity index (χ1v) is 8.04. The molecule has 2 rings (SSSR count). The molecule has 0 radical (unpaired) electrons. The molecular weight excluding hydrogens is 320 g/mol. The number of nitrogens with one attached hydrogen (secondary N) is 2. The Balaban J connectivity index is 1.82. The van der Waals surface area contributed by atoms with Crippen LogP contribution in [0.4, 0.5) is 5.69 Å². The number of nitrogens with zero attached hydrogens (tertiary/aromatic N) is 2. The largest absolute Gasteiger partial charge is 0.354 e. The molecule has 2 aromatic rings. The number of aromatic nitrogens is 2. The summed E-state index contributed by atoms with van der Waals surface area (Å²) in [6, 6.07) is 9.16. The highest BCUT2D eigenvalue weighted by molar-refractivity contribution is 6.03. The summed E-state index contributed by atoms with van der Waals surface area (Å²) in [4.78, 5) is 39.5. The van der Waals surface area contributed by atoms with Gasteiger partial charge >= 0.3 is 5.69 Å². The van der Waals surface area contributed by atoms with Crippen molar-refractivity contribution >= 4 is 17.5 Å². The quantitative estimate of drug-likeness (QED) is 0.774. The van der Waals surface area contributed by atoms with Crippen LogP contribution in [-0.4, -0.2) is 27.9 Å². The summed E-state index contributed by atoms with van der Waals surface area (Å²) in [5.74, 6) is -0.769. The van der Waals surface area contributed by atoms with Crippen molar-refractivity contribution in [3.8, 4) is 0 Å². The van der Waals surface area contributed by atoms with E-state index in [4.69, 9.17) is 0 Å². The summed E-state index contributed by atoms with van der Waals surface area (Å²) in [6.45, 7) is 6.01. The van der Waals surface area contributed by atoms with Crippen LogP contribution in [0.3, 0.4) is 0 Å². The Kier molecular flexibility index (Phi) is 6.05. The highest BCUT2D eigenvalue weighted by Crippen LogP contribution is 2.13. The Morgan fingerprint density at radius 2 is 1.84 bits per heavy atom. The number of carbonyl (C=O) groups excluding carboxylic acids is 2. The number of anilines is 1. The average molecular weight is 342 g/mol. The summed E-state index contributed by atoms with van der Waals surface area (Å²) < 4.78 is 1.49. The molecule has 1 aromatic carbocycles. The Bertz CT molecular complexity index is 842. The van der Waals surface area contributed by atoms with Gasteiger partial charge in [0, 0.05) is 30.2 Å². The van der Waals surface area contributed by atoms with E-state index in [1.54, 1.807) is 19.1 Å². The van der Waals surface area contributed by atoms with Crippen LogP contribution in [0.2, 0.25) is 0 Å². The number of para-hydroxylation sites is 1. The smallest absolute Gasteiger partial charge is 0.348 e. The number of aryl methyl sites for hydroxylation is 3. The van der Waals surface area contributed by atoms with Crippen molar-refractivity contribution in [3.05, 3.63) is 57.8 Å². The van der Waals surface area contributed by atoms with E-state index in [1.807, 2.05) is 32.0 Å².